The van der Waals surface area contributed by atoms with Crippen LogP contribution in [0.3, 0.4) is 0 Å². The number of ether oxygens (including phenoxy) is 2. The molecule has 0 atom stereocenters. The fourth-order valence-corrected chi connectivity index (χ4v) is 1.34. The largest absolute Gasteiger partial charge is 0.485 e. The van der Waals surface area contributed by atoms with Gasteiger partial charge in [0.1, 0.15) is 18.0 Å². The van der Waals surface area contributed by atoms with E-state index in [-0.39, 0.29) is 5.90 Å². The molecule has 0 saturated carbocycles. The number of nitrogens with two attached hydrogens (primary N) is 1. The maximum absolute atomic E-state index is 7.50. The van der Waals surface area contributed by atoms with Crippen LogP contribution in [0.1, 0.15) is 19.4 Å². The first-order chi connectivity index (χ1) is 7.98. The van der Waals surface area contributed by atoms with Crippen LogP contribution < -0.4 is 10.6 Å². The van der Waals surface area contributed by atoms with E-state index in [1.807, 2.05) is 13.8 Å². The fourth-order valence-electron chi connectivity index (χ4n) is 1.34. The summed E-state index contributed by atoms with van der Waals surface area (Å²) in [6, 6.07) is 7.09. The van der Waals surface area contributed by atoms with Crippen LogP contribution in [-0.2, 0) is 9.57 Å². The predicted molar refractivity (Wildman–Crippen MR) is 65.1 cm³/mol. The predicted octanol–water partition coefficient (Wildman–Crippen LogP) is 1.71. The van der Waals surface area contributed by atoms with Gasteiger partial charge in [0.15, 0.2) is 0 Å². The summed E-state index contributed by atoms with van der Waals surface area (Å²) in [6.45, 7) is 4.05. The molecule has 5 nitrogen and oxygen atoms in total. The average molecular weight is 238 g/mol. The van der Waals surface area contributed by atoms with E-state index in [9.17, 15) is 0 Å². The number of hydrogen-bond acceptors (Lipinski definition) is 5. The highest BCUT2D eigenvalue weighted by molar-refractivity contribution is 5.91. The maximum Gasteiger partial charge on any atom is 0.212 e. The molecule has 1 rings (SSSR count). The van der Waals surface area contributed by atoms with Crippen LogP contribution in [0.5, 0.6) is 5.75 Å². The smallest absolute Gasteiger partial charge is 0.212 e. The highest BCUT2D eigenvalue weighted by Crippen LogP contribution is 2.19. The molecule has 1 aromatic rings. The van der Waals surface area contributed by atoms with E-state index < -0.39 is 5.60 Å². The van der Waals surface area contributed by atoms with Crippen LogP contribution in [0.25, 0.3) is 0 Å². The molecular formula is C12H18N2O3. The number of methoxy groups -OCH3 is 1. The van der Waals surface area contributed by atoms with Gasteiger partial charge in [-0.2, -0.15) is 0 Å². The Morgan fingerprint density at radius 2 is 1.88 bits per heavy atom. The molecule has 0 saturated heterocycles. The van der Waals surface area contributed by atoms with Crippen LogP contribution in [0.2, 0.25) is 0 Å². The van der Waals surface area contributed by atoms with Gasteiger partial charge in [0.2, 0.25) is 5.90 Å². The molecule has 17 heavy (non-hydrogen) atoms. The maximum atomic E-state index is 7.50. The summed E-state index contributed by atoms with van der Waals surface area (Å²) in [5, 5.41) is 7.50. The van der Waals surface area contributed by atoms with Crippen molar-refractivity contribution in [3.05, 3.63) is 29.8 Å². The average Bonchev–Trinajstić information content (AvgIpc) is 2.28. The van der Waals surface area contributed by atoms with Gasteiger partial charge in [-0.3, -0.25) is 5.41 Å². The quantitative estimate of drug-likeness (QED) is 0.465. The number of nitrogens with one attached hydrogen (secondary N) is 1. The Labute approximate surface area is 101 Å². The van der Waals surface area contributed by atoms with Gasteiger partial charge in [0.25, 0.3) is 0 Å². The first kappa shape index (κ1) is 13.5. The summed E-state index contributed by atoms with van der Waals surface area (Å²) in [4.78, 5) is 4.58. The summed E-state index contributed by atoms with van der Waals surface area (Å²) in [7, 11) is 1.47. The molecule has 5 heteroatoms. The summed E-state index contributed by atoms with van der Waals surface area (Å²) < 4.78 is 10.5. The second-order valence-electron chi connectivity index (χ2n) is 4.23. The third kappa shape index (κ3) is 4.05. The molecule has 0 radical (unpaired) electrons. The zero-order valence-corrected chi connectivity index (χ0v) is 10.3. The summed E-state index contributed by atoms with van der Waals surface area (Å²) >= 11 is 0. The van der Waals surface area contributed by atoms with Crippen molar-refractivity contribution in [1.82, 2.24) is 0 Å². The highest BCUT2D eigenvalue weighted by atomic mass is 16.6. The SMILES string of the molecule is COC(=N)c1ccc(OC(C)(C)CON)cc1. The van der Waals surface area contributed by atoms with Crippen LogP contribution in [0.4, 0.5) is 0 Å². The molecule has 0 fully saturated rings. The number of benzene rings is 1. The van der Waals surface area contributed by atoms with Crippen molar-refractivity contribution < 1.29 is 14.3 Å². The lowest BCUT2D eigenvalue weighted by Crippen LogP contribution is -2.35. The Morgan fingerprint density at radius 1 is 1.29 bits per heavy atom. The van der Waals surface area contributed by atoms with Gasteiger partial charge in [-0.15, -0.1) is 0 Å². The van der Waals surface area contributed by atoms with E-state index in [1.54, 1.807) is 24.3 Å². The van der Waals surface area contributed by atoms with Crippen molar-refractivity contribution in [2.24, 2.45) is 5.90 Å². The second-order valence-corrected chi connectivity index (χ2v) is 4.23. The molecule has 3 N–H and O–H groups in total. The van der Waals surface area contributed by atoms with Gasteiger partial charge in [-0.25, -0.2) is 5.90 Å². The molecule has 0 aliphatic carbocycles. The minimum absolute atomic E-state index is 0.126. The van der Waals surface area contributed by atoms with Crippen LogP contribution in [-0.4, -0.2) is 25.2 Å². The van der Waals surface area contributed by atoms with Crippen LogP contribution >= 0.6 is 0 Å². The van der Waals surface area contributed by atoms with E-state index in [4.69, 9.17) is 20.8 Å². The standard InChI is InChI=1S/C12H18N2O3/c1-12(2,8-16-14)17-10-6-4-9(5-7-10)11(13)15-3/h4-7,13H,8,14H2,1-3H3. The molecular weight excluding hydrogens is 220 g/mol. The lowest BCUT2D eigenvalue weighted by atomic mass is 10.1. The fraction of sp³-hybridized carbons (Fsp3) is 0.417. The van der Waals surface area contributed by atoms with Crippen molar-refractivity contribution in [3.8, 4) is 5.75 Å². The minimum atomic E-state index is -0.495. The molecule has 0 aliphatic rings. The second kappa shape index (κ2) is 5.65. The number of hydrogen-bond donors (Lipinski definition) is 2. The van der Waals surface area contributed by atoms with Crippen LogP contribution in [0.15, 0.2) is 24.3 Å². The topological polar surface area (TPSA) is 77.6 Å². The van der Waals surface area contributed by atoms with Crippen molar-refractivity contribution in [2.45, 2.75) is 19.4 Å². The Hall–Kier alpha value is -1.59. The van der Waals surface area contributed by atoms with Gasteiger partial charge in [0.05, 0.1) is 7.11 Å². The zero-order valence-electron chi connectivity index (χ0n) is 10.3. The zero-order chi connectivity index (χ0) is 12.9. The van der Waals surface area contributed by atoms with Gasteiger partial charge in [-0.1, -0.05) is 0 Å². The normalized spacial score (nSPS) is 11.1. The lowest BCUT2D eigenvalue weighted by Gasteiger charge is -2.25. The van der Waals surface area contributed by atoms with Gasteiger partial charge < -0.3 is 14.3 Å². The third-order valence-corrected chi connectivity index (χ3v) is 2.15. The summed E-state index contributed by atoms with van der Waals surface area (Å²) in [6.07, 6.45) is 0. The molecule has 0 bridgehead atoms. The van der Waals surface area contributed by atoms with E-state index >= 15 is 0 Å². The molecule has 94 valence electrons. The van der Waals surface area contributed by atoms with Crippen LogP contribution in [0, 0.1) is 5.41 Å². The van der Waals surface area contributed by atoms with Crippen molar-refractivity contribution >= 4 is 5.90 Å². The van der Waals surface area contributed by atoms with Gasteiger partial charge >= 0.3 is 0 Å². The van der Waals surface area contributed by atoms with E-state index in [2.05, 4.69) is 4.84 Å². The summed E-state index contributed by atoms with van der Waals surface area (Å²) in [5.74, 6) is 5.85. The molecule has 0 aliphatic heterocycles. The molecule has 0 heterocycles. The van der Waals surface area contributed by atoms with Crippen molar-refractivity contribution in [3.63, 3.8) is 0 Å². The monoisotopic (exact) mass is 238 g/mol. The Kier molecular flexibility index (Phi) is 4.48. The van der Waals surface area contributed by atoms with Gasteiger partial charge in [-0.05, 0) is 38.1 Å². The molecule has 0 spiro atoms. The molecule has 0 amide bonds. The Morgan fingerprint density at radius 3 is 2.35 bits per heavy atom. The first-order valence-electron chi connectivity index (χ1n) is 5.22. The van der Waals surface area contributed by atoms with E-state index in [1.165, 1.54) is 7.11 Å². The third-order valence-electron chi connectivity index (χ3n) is 2.15. The Balaban J connectivity index is 2.71. The summed E-state index contributed by atoms with van der Waals surface area (Å²) in [5.41, 5.74) is 0.207. The lowest BCUT2D eigenvalue weighted by molar-refractivity contribution is -0.00396. The highest BCUT2D eigenvalue weighted by Gasteiger charge is 2.19. The van der Waals surface area contributed by atoms with E-state index in [0.29, 0.717) is 17.9 Å². The first-order valence-corrected chi connectivity index (χ1v) is 5.22. The van der Waals surface area contributed by atoms with Crippen molar-refractivity contribution in [1.29, 1.82) is 5.41 Å². The van der Waals surface area contributed by atoms with Gasteiger partial charge in [0, 0.05) is 5.56 Å². The Bertz CT molecular complexity index is 374. The molecule has 0 unspecified atom stereocenters. The minimum Gasteiger partial charge on any atom is -0.485 e. The van der Waals surface area contributed by atoms with Crippen molar-refractivity contribution in [2.75, 3.05) is 13.7 Å². The number of rotatable bonds is 5. The van der Waals surface area contributed by atoms with E-state index in [0.717, 1.165) is 0 Å². The molecule has 0 aromatic heterocycles. The molecule has 1 aromatic carbocycles.